The molecular weight excluding hydrogens is 379 g/mol. The lowest BCUT2D eigenvalue weighted by atomic mass is 9.97. The maximum absolute atomic E-state index is 12.5. The van der Waals surface area contributed by atoms with Crippen molar-refractivity contribution in [3.8, 4) is 0 Å². The van der Waals surface area contributed by atoms with Crippen molar-refractivity contribution in [2.24, 2.45) is 0 Å². The first kappa shape index (κ1) is 22.0. The number of amides is 3. The van der Waals surface area contributed by atoms with Crippen LogP contribution in [0.25, 0.3) is 0 Å². The fourth-order valence-corrected chi connectivity index (χ4v) is 3.03. The summed E-state index contributed by atoms with van der Waals surface area (Å²) in [6.45, 7) is 1.48. The summed E-state index contributed by atoms with van der Waals surface area (Å²) in [5, 5.41) is 17.2. The van der Waals surface area contributed by atoms with Crippen molar-refractivity contribution >= 4 is 17.6 Å². The summed E-state index contributed by atoms with van der Waals surface area (Å²) in [6, 6.07) is 3.37. The average Bonchev–Trinajstić information content (AvgIpc) is 2.62. The molecule has 1 aliphatic rings. The van der Waals surface area contributed by atoms with Crippen molar-refractivity contribution in [3.63, 3.8) is 0 Å². The number of aliphatic hydroxyl groups excluding tert-OH is 1. The molecule has 10 heteroatoms. The molecular formula is C18H24F3N3O4. The molecule has 7 nitrogen and oxygen atoms in total. The van der Waals surface area contributed by atoms with Crippen LogP contribution in [0.15, 0.2) is 24.3 Å². The minimum Gasteiger partial charge on any atom is -0.394 e. The van der Waals surface area contributed by atoms with E-state index in [2.05, 4.69) is 16.0 Å². The summed E-state index contributed by atoms with van der Waals surface area (Å²) in [4.78, 5) is 23.0. The monoisotopic (exact) mass is 403 g/mol. The highest BCUT2D eigenvalue weighted by atomic mass is 19.4. The molecule has 0 bridgehead atoms. The number of halogens is 3. The van der Waals surface area contributed by atoms with Gasteiger partial charge in [-0.2, -0.15) is 13.2 Å². The van der Waals surface area contributed by atoms with Gasteiger partial charge in [0.2, 0.25) is 5.91 Å². The maximum atomic E-state index is 12.5. The van der Waals surface area contributed by atoms with Gasteiger partial charge in [0.15, 0.2) is 0 Å². The Morgan fingerprint density at radius 1 is 1.21 bits per heavy atom. The topological polar surface area (TPSA) is 99.7 Å². The molecule has 0 unspecified atom stereocenters. The Hall–Kier alpha value is -2.33. The number of anilines is 1. The van der Waals surface area contributed by atoms with Gasteiger partial charge in [-0.1, -0.05) is 0 Å². The fraction of sp³-hybridized carbons (Fsp3) is 0.556. The van der Waals surface area contributed by atoms with Crippen molar-refractivity contribution in [3.05, 3.63) is 29.8 Å². The van der Waals surface area contributed by atoms with Gasteiger partial charge in [-0.25, -0.2) is 4.79 Å². The van der Waals surface area contributed by atoms with Crippen molar-refractivity contribution in [2.75, 3.05) is 18.5 Å². The molecule has 2 rings (SSSR count). The van der Waals surface area contributed by atoms with Gasteiger partial charge in [0.05, 0.1) is 24.3 Å². The third kappa shape index (κ3) is 6.68. The number of ether oxygens (including phenoxy) is 1. The maximum Gasteiger partial charge on any atom is 0.416 e. The van der Waals surface area contributed by atoms with Crippen LogP contribution >= 0.6 is 0 Å². The first-order chi connectivity index (χ1) is 13.2. The van der Waals surface area contributed by atoms with Gasteiger partial charge < -0.3 is 25.8 Å². The molecule has 1 aromatic rings. The van der Waals surface area contributed by atoms with Crippen molar-refractivity contribution in [1.29, 1.82) is 0 Å². The number of alkyl halides is 3. The molecule has 0 aromatic heterocycles. The lowest BCUT2D eigenvalue weighted by molar-refractivity contribution is -0.137. The average molecular weight is 403 g/mol. The third-order valence-corrected chi connectivity index (χ3v) is 4.41. The number of carbonyl (C=O) groups is 2. The van der Waals surface area contributed by atoms with Gasteiger partial charge in [-0.15, -0.1) is 0 Å². The van der Waals surface area contributed by atoms with Crippen LogP contribution < -0.4 is 16.0 Å². The number of hydrogen-bond acceptors (Lipinski definition) is 4. The summed E-state index contributed by atoms with van der Waals surface area (Å²) in [6.07, 6.45) is -3.26. The van der Waals surface area contributed by atoms with Crippen LogP contribution in [0.4, 0.5) is 23.7 Å². The number of nitrogens with one attached hydrogen (secondary N) is 3. The van der Waals surface area contributed by atoms with Crippen LogP contribution in [0.3, 0.4) is 0 Å². The molecule has 0 saturated carbocycles. The molecule has 0 spiro atoms. The molecule has 1 fully saturated rings. The molecule has 3 atom stereocenters. The van der Waals surface area contributed by atoms with E-state index in [9.17, 15) is 27.9 Å². The zero-order valence-electron chi connectivity index (χ0n) is 15.4. The summed E-state index contributed by atoms with van der Waals surface area (Å²) in [5.74, 6) is -0.188. The zero-order chi connectivity index (χ0) is 20.7. The molecule has 0 radical (unpaired) electrons. The van der Waals surface area contributed by atoms with Crippen LogP contribution in [0.1, 0.15) is 31.7 Å². The van der Waals surface area contributed by atoms with Gasteiger partial charge in [0, 0.05) is 19.2 Å². The van der Waals surface area contributed by atoms with Crippen LogP contribution in [0, 0.1) is 0 Å². The van der Waals surface area contributed by atoms with E-state index in [1.54, 1.807) is 0 Å². The molecule has 4 N–H and O–H groups in total. The highest BCUT2D eigenvalue weighted by molar-refractivity contribution is 5.89. The Bertz CT molecular complexity index is 667. The molecule has 1 aliphatic heterocycles. The number of carbonyl (C=O) groups excluding carboxylic acids is 2. The predicted octanol–water partition coefficient (Wildman–Crippen LogP) is 2.26. The van der Waals surface area contributed by atoms with E-state index >= 15 is 0 Å². The first-order valence-corrected chi connectivity index (χ1v) is 8.94. The molecule has 3 amide bonds. The van der Waals surface area contributed by atoms with Gasteiger partial charge in [-0.3, -0.25) is 4.79 Å². The molecule has 1 aromatic carbocycles. The Morgan fingerprint density at radius 2 is 1.89 bits per heavy atom. The number of rotatable bonds is 6. The minimum absolute atomic E-state index is 0.173. The summed E-state index contributed by atoms with van der Waals surface area (Å²) in [7, 11) is 0. The summed E-state index contributed by atoms with van der Waals surface area (Å²) >= 11 is 0. The first-order valence-electron chi connectivity index (χ1n) is 8.94. The SMILES string of the molecule is CC(=O)N[C@H]1CC[C@H](CCNC(=O)Nc2ccc(C(F)(F)F)cc2)O[C@@H]1CO. The minimum atomic E-state index is -4.42. The molecule has 1 saturated heterocycles. The quantitative estimate of drug-likeness (QED) is 0.586. The van der Waals surface area contributed by atoms with E-state index < -0.39 is 23.9 Å². The highest BCUT2D eigenvalue weighted by Gasteiger charge is 2.31. The summed E-state index contributed by atoms with van der Waals surface area (Å²) in [5.41, 5.74) is -0.540. The van der Waals surface area contributed by atoms with Crippen LogP contribution in [-0.4, -0.2) is 48.4 Å². The lowest BCUT2D eigenvalue weighted by Gasteiger charge is -2.36. The Labute approximate surface area is 160 Å². The van der Waals surface area contributed by atoms with Crippen molar-refractivity contribution in [1.82, 2.24) is 10.6 Å². The second-order valence-corrected chi connectivity index (χ2v) is 6.61. The largest absolute Gasteiger partial charge is 0.416 e. The molecule has 0 aliphatic carbocycles. The zero-order valence-corrected chi connectivity index (χ0v) is 15.4. The van der Waals surface area contributed by atoms with Gasteiger partial charge >= 0.3 is 12.2 Å². The highest BCUT2D eigenvalue weighted by Crippen LogP contribution is 2.29. The van der Waals surface area contributed by atoms with Crippen LogP contribution in [0.5, 0.6) is 0 Å². The molecule has 156 valence electrons. The van der Waals surface area contributed by atoms with Crippen molar-refractivity contribution in [2.45, 2.75) is 50.6 Å². The smallest absolute Gasteiger partial charge is 0.394 e. The van der Waals surface area contributed by atoms with E-state index in [4.69, 9.17) is 4.74 Å². The second-order valence-electron chi connectivity index (χ2n) is 6.61. The third-order valence-electron chi connectivity index (χ3n) is 4.41. The van der Waals surface area contributed by atoms with E-state index in [0.717, 1.165) is 12.1 Å². The lowest BCUT2D eigenvalue weighted by Crippen LogP contribution is -2.50. The molecule has 28 heavy (non-hydrogen) atoms. The number of urea groups is 1. The Balaban J connectivity index is 1.73. The van der Waals surface area contributed by atoms with E-state index in [-0.39, 0.29) is 30.3 Å². The van der Waals surface area contributed by atoms with E-state index in [1.807, 2.05) is 0 Å². The standard InChI is InChI=1S/C18H24F3N3O4/c1-11(26)23-15-7-6-14(28-16(15)10-25)8-9-22-17(27)24-13-4-2-12(3-5-13)18(19,20)21/h2-5,14-16,25H,6-10H2,1H3,(H,23,26)(H2,22,24,27)/t14-,15+,16-/m1/s1. The van der Waals surface area contributed by atoms with Crippen molar-refractivity contribution < 1.29 is 32.6 Å². The van der Waals surface area contributed by atoms with E-state index in [0.29, 0.717) is 25.8 Å². The fourth-order valence-electron chi connectivity index (χ4n) is 3.03. The van der Waals surface area contributed by atoms with Gasteiger partial charge in [-0.05, 0) is 43.5 Å². The van der Waals surface area contributed by atoms with E-state index in [1.165, 1.54) is 19.1 Å². The Morgan fingerprint density at radius 3 is 2.46 bits per heavy atom. The normalized spacial score (nSPS) is 22.4. The molecule has 1 heterocycles. The van der Waals surface area contributed by atoms with Gasteiger partial charge in [0.25, 0.3) is 0 Å². The number of hydrogen-bond donors (Lipinski definition) is 4. The van der Waals surface area contributed by atoms with Crippen LogP contribution in [0.2, 0.25) is 0 Å². The van der Waals surface area contributed by atoms with Crippen LogP contribution in [-0.2, 0) is 15.7 Å². The predicted molar refractivity (Wildman–Crippen MR) is 95.7 cm³/mol. The Kier molecular flexibility index (Phi) is 7.64. The van der Waals surface area contributed by atoms with Gasteiger partial charge in [0.1, 0.15) is 6.10 Å². The second kappa shape index (κ2) is 9.74. The number of aliphatic hydroxyl groups is 1. The summed E-state index contributed by atoms with van der Waals surface area (Å²) < 4.78 is 43.3. The number of benzene rings is 1.